The fraction of sp³-hybridized carbons (Fsp3) is 0.455. The maximum absolute atomic E-state index is 13.6. The number of amides is 1. The van der Waals surface area contributed by atoms with E-state index in [9.17, 15) is 9.18 Å². The summed E-state index contributed by atoms with van der Waals surface area (Å²) in [7, 11) is 0. The molecule has 2 aromatic heterocycles. The number of tetrazole rings is 1. The monoisotopic (exact) mass is 427 g/mol. The Kier molecular flexibility index (Phi) is 5.86. The van der Waals surface area contributed by atoms with Crippen LogP contribution in [0.1, 0.15) is 55.2 Å². The lowest BCUT2D eigenvalue weighted by atomic mass is 9.99. The van der Waals surface area contributed by atoms with Crippen molar-refractivity contribution in [2.45, 2.75) is 38.8 Å². The van der Waals surface area contributed by atoms with Crippen molar-refractivity contribution in [3.8, 4) is 0 Å². The van der Waals surface area contributed by atoms with Crippen LogP contribution in [0.3, 0.4) is 0 Å². The molecule has 1 aromatic carbocycles. The first-order chi connectivity index (χ1) is 14.9. The molecule has 1 aliphatic rings. The van der Waals surface area contributed by atoms with Crippen molar-refractivity contribution in [1.82, 2.24) is 25.1 Å². The van der Waals surface area contributed by atoms with E-state index in [2.05, 4.69) is 36.3 Å². The lowest BCUT2D eigenvalue weighted by Gasteiger charge is -2.37. The molecule has 0 aliphatic carbocycles. The second-order valence-corrected chi connectivity index (χ2v) is 8.53. The third-order valence-corrected chi connectivity index (χ3v) is 6.23. The number of quaternary nitrogens is 1. The third-order valence-electron chi connectivity index (χ3n) is 6.23. The van der Waals surface area contributed by atoms with Gasteiger partial charge < -0.3 is 14.2 Å². The SMILES string of the molecule is CCC(C)(C)n1nnnc1[C@@H](c1ccc(F)cc1)[NH+]1CCN(C(=O)c2ccco2)CC1. The number of benzene rings is 1. The highest BCUT2D eigenvalue weighted by Crippen LogP contribution is 2.25. The number of piperazine rings is 1. The quantitative estimate of drug-likeness (QED) is 0.647. The smallest absolute Gasteiger partial charge is 0.289 e. The van der Waals surface area contributed by atoms with Gasteiger partial charge in [0.05, 0.1) is 38.0 Å². The molecule has 0 radical (unpaired) electrons. The Bertz CT molecular complexity index is 1010. The minimum absolute atomic E-state index is 0.0978. The maximum atomic E-state index is 13.6. The molecule has 4 rings (SSSR count). The molecule has 1 N–H and O–H groups in total. The normalized spacial score (nSPS) is 16.5. The predicted molar refractivity (Wildman–Crippen MR) is 111 cm³/mol. The largest absolute Gasteiger partial charge is 0.459 e. The predicted octanol–water partition coefficient (Wildman–Crippen LogP) is 1.68. The van der Waals surface area contributed by atoms with Crippen LogP contribution in [-0.2, 0) is 5.54 Å². The number of carbonyl (C=O) groups is 1. The van der Waals surface area contributed by atoms with Crippen molar-refractivity contribution < 1.29 is 18.5 Å². The van der Waals surface area contributed by atoms with Gasteiger partial charge in [0.2, 0.25) is 5.82 Å². The first-order valence-electron chi connectivity index (χ1n) is 10.6. The first-order valence-corrected chi connectivity index (χ1v) is 10.6. The van der Waals surface area contributed by atoms with E-state index in [0.717, 1.165) is 17.8 Å². The van der Waals surface area contributed by atoms with Gasteiger partial charge in [-0.15, -0.1) is 5.10 Å². The molecule has 1 fully saturated rings. The summed E-state index contributed by atoms with van der Waals surface area (Å²) in [6, 6.07) is 9.77. The van der Waals surface area contributed by atoms with Crippen LogP contribution in [0.2, 0.25) is 0 Å². The Morgan fingerprint density at radius 2 is 1.94 bits per heavy atom. The highest BCUT2D eigenvalue weighted by atomic mass is 19.1. The van der Waals surface area contributed by atoms with E-state index in [-0.39, 0.29) is 23.3 Å². The van der Waals surface area contributed by atoms with E-state index in [0.29, 0.717) is 31.9 Å². The Morgan fingerprint density at radius 3 is 2.55 bits per heavy atom. The Balaban J connectivity index is 1.62. The number of furan rings is 1. The molecule has 3 aromatic rings. The van der Waals surface area contributed by atoms with Crippen molar-refractivity contribution in [2.75, 3.05) is 26.2 Å². The zero-order valence-electron chi connectivity index (χ0n) is 18.1. The summed E-state index contributed by atoms with van der Waals surface area (Å²) >= 11 is 0. The lowest BCUT2D eigenvalue weighted by molar-refractivity contribution is -0.930. The van der Waals surface area contributed by atoms with Crippen LogP contribution < -0.4 is 4.90 Å². The number of nitrogens with zero attached hydrogens (tertiary/aromatic N) is 5. The molecular weight excluding hydrogens is 399 g/mol. The van der Waals surface area contributed by atoms with E-state index >= 15 is 0 Å². The molecule has 0 saturated carbocycles. The fourth-order valence-electron chi connectivity index (χ4n) is 4.02. The van der Waals surface area contributed by atoms with Crippen molar-refractivity contribution in [2.24, 2.45) is 0 Å². The molecule has 1 saturated heterocycles. The molecule has 31 heavy (non-hydrogen) atoms. The minimum Gasteiger partial charge on any atom is -0.459 e. The van der Waals surface area contributed by atoms with Crippen LogP contribution in [0.5, 0.6) is 0 Å². The van der Waals surface area contributed by atoms with Gasteiger partial charge in [0.1, 0.15) is 5.82 Å². The number of carbonyl (C=O) groups excluding carboxylic acids is 1. The summed E-state index contributed by atoms with van der Waals surface area (Å²) in [4.78, 5) is 15.7. The van der Waals surface area contributed by atoms with E-state index < -0.39 is 0 Å². The highest BCUT2D eigenvalue weighted by molar-refractivity contribution is 5.91. The first kappa shape index (κ1) is 21.2. The van der Waals surface area contributed by atoms with Crippen molar-refractivity contribution in [3.63, 3.8) is 0 Å². The van der Waals surface area contributed by atoms with Gasteiger partial charge in [0.25, 0.3) is 5.91 Å². The summed E-state index contributed by atoms with van der Waals surface area (Å²) in [5.74, 6) is 0.727. The van der Waals surface area contributed by atoms with Crippen LogP contribution in [-0.4, -0.2) is 57.2 Å². The van der Waals surface area contributed by atoms with Crippen molar-refractivity contribution >= 4 is 5.91 Å². The summed E-state index contributed by atoms with van der Waals surface area (Å²) in [5, 5.41) is 12.6. The summed E-state index contributed by atoms with van der Waals surface area (Å²) < 4.78 is 20.8. The van der Waals surface area contributed by atoms with Gasteiger partial charge in [-0.05, 0) is 67.1 Å². The molecule has 0 bridgehead atoms. The van der Waals surface area contributed by atoms with Crippen LogP contribution in [0.15, 0.2) is 47.1 Å². The molecule has 1 aliphatic heterocycles. The van der Waals surface area contributed by atoms with Gasteiger partial charge in [0.15, 0.2) is 11.8 Å². The summed E-state index contributed by atoms with van der Waals surface area (Å²) in [6.45, 7) is 8.91. The zero-order valence-corrected chi connectivity index (χ0v) is 18.1. The fourth-order valence-corrected chi connectivity index (χ4v) is 4.02. The average molecular weight is 428 g/mol. The molecule has 0 spiro atoms. The topological polar surface area (TPSA) is 81.5 Å². The van der Waals surface area contributed by atoms with Gasteiger partial charge in [-0.25, -0.2) is 9.07 Å². The van der Waals surface area contributed by atoms with Gasteiger partial charge in [0, 0.05) is 5.56 Å². The van der Waals surface area contributed by atoms with Crippen molar-refractivity contribution in [3.05, 3.63) is 65.6 Å². The van der Waals surface area contributed by atoms with E-state index in [1.165, 1.54) is 23.3 Å². The van der Waals surface area contributed by atoms with E-state index in [1.54, 1.807) is 24.3 Å². The molecule has 1 amide bonds. The van der Waals surface area contributed by atoms with E-state index in [4.69, 9.17) is 4.42 Å². The summed E-state index contributed by atoms with van der Waals surface area (Å²) in [6.07, 6.45) is 2.37. The molecule has 3 heterocycles. The second kappa shape index (κ2) is 8.58. The second-order valence-electron chi connectivity index (χ2n) is 8.53. The highest BCUT2D eigenvalue weighted by Gasteiger charge is 2.38. The van der Waals surface area contributed by atoms with Crippen LogP contribution in [0, 0.1) is 5.82 Å². The molecule has 1 atom stereocenters. The van der Waals surface area contributed by atoms with Crippen LogP contribution >= 0.6 is 0 Å². The number of aromatic nitrogens is 4. The minimum atomic E-state index is -0.278. The van der Waals surface area contributed by atoms with Gasteiger partial charge in [-0.3, -0.25) is 4.79 Å². The maximum Gasteiger partial charge on any atom is 0.289 e. The van der Waals surface area contributed by atoms with Crippen LogP contribution in [0.4, 0.5) is 4.39 Å². The number of hydrogen-bond acceptors (Lipinski definition) is 5. The molecular formula is C22H28FN6O2+. The third kappa shape index (κ3) is 4.23. The number of halogens is 1. The molecule has 8 nitrogen and oxygen atoms in total. The number of nitrogens with one attached hydrogen (secondary N) is 1. The Labute approximate surface area is 180 Å². The number of hydrogen-bond donors (Lipinski definition) is 1. The molecule has 0 unspecified atom stereocenters. The summed E-state index contributed by atoms with van der Waals surface area (Å²) in [5.41, 5.74) is 0.693. The standard InChI is InChI=1S/C22H27FN6O2/c1-4-22(2,3)29-20(24-25-26-29)19(16-7-9-17(23)10-8-16)27-11-13-28(14-12-27)21(30)18-6-5-15-31-18/h5-10,15,19H,4,11-14H2,1-3H3/p+1/t19-/m1/s1. The molecule has 9 heteroatoms. The van der Waals surface area contributed by atoms with Crippen LogP contribution in [0.25, 0.3) is 0 Å². The Hall–Kier alpha value is -3.07. The lowest BCUT2D eigenvalue weighted by Crippen LogP contribution is -3.15. The number of rotatable bonds is 6. The van der Waals surface area contributed by atoms with E-state index in [1.807, 2.05) is 9.58 Å². The zero-order chi connectivity index (χ0) is 22.0. The molecule has 164 valence electrons. The average Bonchev–Trinajstić information content (AvgIpc) is 3.48. The van der Waals surface area contributed by atoms with Gasteiger partial charge in [-0.1, -0.05) is 6.92 Å². The van der Waals surface area contributed by atoms with Crippen molar-refractivity contribution in [1.29, 1.82) is 0 Å². The Morgan fingerprint density at radius 1 is 1.23 bits per heavy atom. The van der Waals surface area contributed by atoms with Gasteiger partial charge in [-0.2, -0.15) is 0 Å². The van der Waals surface area contributed by atoms with Gasteiger partial charge >= 0.3 is 0 Å².